The Morgan fingerprint density at radius 1 is 1.20 bits per heavy atom. The predicted octanol–water partition coefficient (Wildman–Crippen LogP) is 4.74. The van der Waals surface area contributed by atoms with Crippen LogP contribution in [0.2, 0.25) is 0 Å². The summed E-state index contributed by atoms with van der Waals surface area (Å²) in [5.41, 5.74) is 5.04. The van der Waals surface area contributed by atoms with Crippen LogP contribution in [-0.2, 0) is 7.05 Å². The maximum Gasteiger partial charge on any atom is 0.341 e. The highest BCUT2D eigenvalue weighted by molar-refractivity contribution is 6.18. The molecule has 1 atom stereocenters. The number of hydrogen-bond donors (Lipinski definition) is 3. The Bertz CT molecular complexity index is 2130. The number of carboxylic acids is 1. The Morgan fingerprint density at radius 3 is 2.73 bits per heavy atom. The first kappa shape index (κ1) is 28.0. The zero-order valence-electron chi connectivity index (χ0n) is 24.8. The zero-order chi connectivity index (χ0) is 31.0. The average molecular weight is 600 g/mol. The number of aryl methyl sites for hydroxylation is 1. The Balaban J connectivity index is 1.53. The highest BCUT2D eigenvalue weighted by Gasteiger charge is 2.36. The SMILES string of the molecule is CNc1cc(F)c(F)c2c1[nH]c1ncc(-c3cnc4c(c3)c(=O)c(C(=O)O)cn4C)c(N3CC4=C(CN(C)C)CCC4C3)c12. The number of anilines is 2. The van der Waals surface area contributed by atoms with E-state index in [0.717, 1.165) is 25.5 Å². The fourth-order valence-electron chi connectivity index (χ4n) is 7.03. The molecule has 1 saturated heterocycles. The Hall–Kier alpha value is -4.84. The molecule has 44 heavy (non-hydrogen) atoms. The summed E-state index contributed by atoms with van der Waals surface area (Å²) in [5, 5.41) is 13.2. The molecule has 226 valence electrons. The van der Waals surface area contributed by atoms with Crippen LogP contribution in [0.25, 0.3) is 44.1 Å². The van der Waals surface area contributed by atoms with Gasteiger partial charge in [-0.05, 0) is 44.5 Å². The molecule has 0 amide bonds. The van der Waals surface area contributed by atoms with E-state index >= 15 is 4.39 Å². The molecule has 1 aliphatic heterocycles. The van der Waals surface area contributed by atoms with Crippen molar-refractivity contribution in [2.24, 2.45) is 13.0 Å². The zero-order valence-corrected chi connectivity index (χ0v) is 24.8. The molecule has 4 aromatic heterocycles. The van der Waals surface area contributed by atoms with E-state index in [2.05, 4.69) is 30.1 Å². The summed E-state index contributed by atoms with van der Waals surface area (Å²) >= 11 is 0. The lowest BCUT2D eigenvalue weighted by Gasteiger charge is -2.24. The Labute approximate surface area is 250 Å². The Kier molecular flexibility index (Phi) is 6.43. The highest BCUT2D eigenvalue weighted by Crippen LogP contribution is 2.47. The van der Waals surface area contributed by atoms with Crippen molar-refractivity contribution in [3.63, 3.8) is 0 Å². The third kappa shape index (κ3) is 4.15. The van der Waals surface area contributed by atoms with Crippen molar-refractivity contribution in [3.05, 3.63) is 69.3 Å². The van der Waals surface area contributed by atoms with Crippen LogP contribution in [0, 0.1) is 17.6 Å². The van der Waals surface area contributed by atoms with Gasteiger partial charge in [0.1, 0.15) is 16.9 Å². The van der Waals surface area contributed by atoms with Crippen LogP contribution in [0.5, 0.6) is 0 Å². The number of rotatable bonds is 6. The maximum atomic E-state index is 15.7. The molecule has 1 fully saturated rings. The second kappa shape index (κ2) is 10.1. The molecule has 1 aliphatic carbocycles. The fourth-order valence-corrected chi connectivity index (χ4v) is 7.03. The number of aromatic carboxylic acids is 1. The first-order chi connectivity index (χ1) is 21.1. The molecule has 12 heteroatoms. The summed E-state index contributed by atoms with van der Waals surface area (Å²) < 4.78 is 32.2. The summed E-state index contributed by atoms with van der Waals surface area (Å²) in [6.45, 7) is 2.17. The normalized spacial score (nSPS) is 16.7. The average Bonchev–Trinajstić information content (AvgIpc) is 3.69. The van der Waals surface area contributed by atoms with Gasteiger partial charge in [0, 0.05) is 69.5 Å². The van der Waals surface area contributed by atoms with E-state index in [0.29, 0.717) is 63.7 Å². The van der Waals surface area contributed by atoms with Crippen molar-refractivity contribution in [1.82, 2.24) is 24.4 Å². The van der Waals surface area contributed by atoms with E-state index in [1.807, 2.05) is 14.1 Å². The standard InChI is InChI=1S/C32H31F2N7O3/c1-35-23-8-22(33)26(34)24-25-28(41-12-16-6-5-15(11-39(2)3)20(16)14-41)19(10-36-30(25)38-27(23)24)17-7-18-29(42)21(32(43)44)13-40(4)31(18)37-9-17/h7-10,13,16,35H,5-6,11-12,14H2,1-4H3,(H,36,38)(H,43,44). The molecule has 5 aromatic rings. The highest BCUT2D eigenvalue weighted by atomic mass is 19.2. The molecule has 0 radical (unpaired) electrons. The molecule has 1 aromatic carbocycles. The van der Waals surface area contributed by atoms with E-state index in [9.17, 15) is 19.1 Å². The van der Waals surface area contributed by atoms with Gasteiger partial charge in [0.2, 0.25) is 5.43 Å². The molecule has 0 bridgehead atoms. The number of nitrogens with one attached hydrogen (secondary N) is 2. The summed E-state index contributed by atoms with van der Waals surface area (Å²) in [6.07, 6.45) is 6.56. The van der Waals surface area contributed by atoms with Gasteiger partial charge >= 0.3 is 5.97 Å². The minimum absolute atomic E-state index is 0.0890. The third-order valence-electron chi connectivity index (χ3n) is 8.95. The molecule has 10 nitrogen and oxygen atoms in total. The van der Waals surface area contributed by atoms with Crippen LogP contribution >= 0.6 is 0 Å². The van der Waals surface area contributed by atoms with Crippen molar-refractivity contribution in [2.75, 3.05) is 51.0 Å². The summed E-state index contributed by atoms with van der Waals surface area (Å²) in [5.74, 6) is -2.95. The van der Waals surface area contributed by atoms with E-state index in [4.69, 9.17) is 0 Å². The van der Waals surface area contributed by atoms with Gasteiger partial charge in [-0.2, -0.15) is 0 Å². The van der Waals surface area contributed by atoms with Gasteiger partial charge in [-0.3, -0.25) is 4.79 Å². The number of halogens is 2. The molecular formula is C32H31F2N7O3. The van der Waals surface area contributed by atoms with Crippen LogP contribution in [0.15, 0.2) is 46.7 Å². The van der Waals surface area contributed by atoms with Crippen molar-refractivity contribution in [3.8, 4) is 11.1 Å². The first-order valence-corrected chi connectivity index (χ1v) is 14.4. The van der Waals surface area contributed by atoms with Crippen molar-refractivity contribution < 1.29 is 18.7 Å². The smallest absolute Gasteiger partial charge is 0.341 e. The van der Waals surface area contributed by atoms with E-state index in [1.54, 1.807) is 32.6 Å². The molecule has 5 heterocycles. The number of likely N-dealkylation sites (N-methyl/N-ethyl adjacent to an activating group) is 1. The number of hydrogen-bond acceptors (Lipinski definition) is 7. The number of aromatic amines is 1. The van der Waals surface area contributed by atoms with Crippen LogP contribution in [0.4, 0.5) is 20.2 Å². The predicted molar refractivity (Wildman–Crippen MR) is 167 cm³/mol. The van der Waals surface area contributed by atoms with E-state index in [1.165, 1.54) is 21.9 Å². The van der Waals surface area contributed by atoms with Gasteiger partial charge < -0.3 is 29.8 Å². The van der Waals surface area contributed by atoms with Crippen molar-refractivity contribution >= 4 is 50.3 Å². The number of pyridine rings is 3. The van der Waals surface area contributed by atoms with E-state index in [-0.39, 0.29) is 16.3 Å². The molecule has 0 saturated carbocycles. The van der Waals surface area contributed by atoms with Crippen LogP contribution < -0.4 is 15.6 Å². The van der Waals surface area contributed by atoms with Crippen LogP contribution in [0.1, 0.15) is 23.2 Å². The Morgan fingerprint density at radius 2 is 2.00 bits per heavy atom. The molecule has 7 rings (SSSR count). The topological polar surface area (TPSA) is 119 Å². The molecule has 1 unspecified atom stereocenters. The van der Waals surface area contributed by atoms with Gasteiger partial charge in [0.15, 0.2) is 11.6 Å². The quantitative estimate of drug-likeness (QED) is 0.240. The van der Waals surface area contributed by atoms with Gasteiger partial charge in [0.05, 0.1) is 33.1 Å². The summed E-state index contributed by atoms with van der Waals surface area (Å²) in [7, 11) is 7.37. The second-order valence-electron chi connectivity index (χ2n) is 12.0. The van der Waals surface area contributed by atoms with Gasteiger partial charge in [-0.1, -0.05) is 5.57 Å². The molecule has 0 spiro atoms. The monoisotopic (exact) mass is 599 g/mol. The lowest BCUT2D eigenvalue weighted by atomic mass is 10.0. The second-order valence-corrected chi connectivity index (χ2v) is 12.0. The summed E-state index contributed by atoms with van der Waals surface area (Å²) in [6, 6.07) is 2.73. The number of carbonyl (C=O) groups is 1. The number of H-pyrrole nitrogens is 1. The number of carboxylic acid groups (broad SMARTS) is 1. The lowest BCUT2D eigenvalue weighted by Crippen LogP contribution is -2.22. The summed E-state index contributed by atoms with van der Waals surface area (Å²) in [4.78, 5) is 41.8. The minimum atomic E-state index is -1.33. The number of aromatic nitrogens is 4. The van der Waals surface area contributed by atoms with Crippen LogP contribution in [0.3, 0.4) is 0 Å². The molecule has 2 aliphatic rings. The van der Waals surface area contributed by atoms with Gasteiger partial charge in [-0.15, -0.1) is 0 Å². The van der Waals surface area contributed by atoms with E-state index < -0.39 is 23.0 Å². The lowest BCUT2D eigenvalue weighted by molar-refractivity contribution is 0.0695. The van der Waals surface area contributed by atoms with Gasteiger partial charge in [0.25, 0.3) is 0 Å². The number of fused-ring (bicyclic) bond motifs is 5. The third-order valence-corrected chi connectivity index (χ3v) is 8.95. The molecular weight excluding hydrogens is 568 g/mol. The maximum absolute atomic E-state index is 15.7. The number of nitrogens with zero attached hydrogens (tertiary/aromatic N) is 5. The van der Waals surface area contributed by atoms with Crippen LogP contribution in [-0.4, -0.2) is 76.3 Å². The largest absolute Gasteiger partial charge is 0.477 e. The number of benzene rings is 1. The fraction of sp³-hybridized carbons (Fsp3) is 0.312. The molecule has 3 N–H and O–H groups in total. The minimum Gasteiger partial charge on any atom is -0.477 e. The van der Waals surface area contributed by atoms with Crippen molar-refractivity contribution in [1.29, 1.82) is 0 Å². The van der Waals surface area contributed by atoms with Gasteiger partial charge in [-0.25, -0.2) is 23.5 Å². The first-order valence-electron chi connectivity index (χ1n) is 14.4. The van der Waals surface area contributed by atoms with Crippen molar-refractivity contribution in [2.45, 2.75) is 12.8 Å².